The van der Waals surface area contributed by atoms with E-state index in [1.54, 1.807) is 7.05 Å². The summed E-state index contributed by atoms with van der Waals surface area (Å²) in [7, 11) is 1.58. The third-order valence-electron chi connectivity index (χ3n) is 2.43. The molecule has 0 unspecified atom stereocenters. The molecule has 1 amide bonds. The van der Waals surface area contributed by atoms with Crippen molar-refractivity contribution in [2.75, 3.05) is 18.5 Å². The molecule has 0 radical (unpaired) electrons. The monoisotopic (exact) mass is 268 g/mol. The van der Waals surface area contributed by atoms with Gasteiger partial charge in [-0.25, -0.2) is 9.18 Å². The van der Waals surface area contributed by atoms with E-state index in [-0.39, 0.29) is 24.1 Å². The highest BCUT2D eigenvalue weighted by atomic mass is 19.1. The maximum absolute atomic E-state index is 13.0. The number of carbonyl (C=O) groups excluding carboxylic acids is 1. The first-order valence-electron chi connectivity index (χ1n) is 5.84. The van der Waals surface area contributed by atoms with E-state index < -0.39 is 11.8 Å². The topological polar surface area (TPSA) is 69.6 Å². The minimum atomic E-state index is -1.23. The van der Waals surface area contributed by atoms with Crippen LogP contribution in [-0.4, -0.2) is 36.6 Å². The fourth-order valence-electron chi connectivity index (χ4n) is 1.68. The predicted molar refractivity (Wildman–Crippen MR) is 69.9 cm³/mol. The molecule has 1 aromatic carbocycles. The van der Waals surface area contributed by atoms with Crippen LogP contribution >= 0.6 is 0 Å². The van der Waals surface area contributed by atoms with Crippen LogP contribution in [0.4, 0.5) is 10.1 Å². The van der Waals surface area contributed by atoms with Crippen LogP contribution in [0, 0.1) is 5.82 Å². The molecule has 0 saturated heterocycles. The highest BCUT2D eigenvalue weighted by molar-refractivity contribution is 5.95. The molecule has 0 heterocycles. The molecule has 104 valence electrons. The minimum Gasteiger partial charge on any atom is -0.478 e. The average molecular weight is 268 g/mol. The molecule has 0 fully saturated rings. The van der Waals surface area contributed by atoms with Gasteiger partial charge >= 0.3 is 5.97 Å². The van der Waals surface area contributed by atoms with E-state index >= 15 is 0 Å². The van der Waals surface area contributed by atoms with E-state index in [1.807, 2.05) is 13.8 Å². The van der Waals surface area contributed by atoms with Crippen molar-refractivity contribution in [1.29, 1.82) is 0 Å². The number of nitrogens with one attached hydrogen (secondary N) is 1. The Hall–Kier alpha value is -2.11. The van der Waals surface area contributed by atoms with E-state index in [1.165, 1.54) is 17.0 Å². The lowest BCUT2D eigenvalue weighted by Gasteiger charge is -2.21. The number of amides is 1. The Morgan fingerprint density at radius 3 is 2.58 bits per heavy atom. The molecule has 0 spiro atoms. The quantitative estimate of drug-likeness (QED) is 0.848. The summed E-state index contributed by atoms with van der Waals surface area (Å²) in [6, 6.07) is 3.46. The molecule has 0 bridgehead atoms. The molecular formula is C13H17FN2O3. The van der Waals surface area contributed by atoms with Gasteiger partial charge in [0.1, 0.15) is 5.82 Å². The molecule has 0 aliphatic rings. The van der Waals surface area contributed by atoms with Crippen molar-refractivity contribution in [2.45, 2.75) is 19.9 Å². The van der Waals surface area contributed by atoms with Gasteiger partial charge in [0.25, 0.3) is 0 Å². The molecule has 0 saturated carbocycles. The summed E-state index contributed by atoms with van der Waals surface area (Å²) in [5.74, 6) is -2.08. The molecule has 1 rings (SSSR count). The van der Waals surface area contributed by atoms with E-state index in [2.05, 4.69) is 5.32 Å². The van der Waals surface area contributed by atoms with Crippen molar-refractivity contribution in [2.24, 2.45) is 0 Å². The summed E-state index contributed by atoms with van der Waals surface area (Å²) in [6.07, 6.45) is 0. The maximum atomic E-state index is 13.0. The number of benzene rings is 1. The molecule has 1 aromatic rings. The molecule has 6 heteroatoms. The van der Waals surface area contributed by atoms with Crippen LogP contribution in [0.1, 0.15) is 24.2 Å². The van der Waals surface area contributed by atoms with Gasteiger partial charge in [-0.1, -0.05) is 0 Å². The standard InChI is InChI=1S/C13H17FN2O3/c1-8(2)15-12(17)7-16(3)11-5-4-9(14)6-10(11)13(18)19/h4-6,8H,7H2,1-3H3,(H,15,17)(H,18,19). The summed E-state index contributed by atoms with van der Waals surface area (Å²) in [5, 5.41) is 11.7. The number of carboxylic acids is 1. The van der Waals surface area contributed by atoms with Gasteiger partial charge in [-0.05, 0) is 32.0 Å². The van der Waals surface area contributed by atoms with Gasteiger partial charge in [-0.3, -0.25) is 4.79 Å². The first-order chi connectivity index (χ1) is 8.81. The third-order valence-corrected chi connectivity index (χ3v) is 2.43. The van der Waals surface area contributed by atoms with Crippen LogP contribution in [0.25, 0.3) is 0 Å². The summed E-state index contributed by atoms with van der Waals surface area (Å²) < 4.78 is 13.0. The summed E-state index contributed by atoms with van der Waals surface area (Å²) >= 11 is 0. The second-order valence-corrected chi connectivity index (χ2v) is 4.54. The number of likely N-dealkylation sites (N-methyl/N-ethyl adjacent to an activating group) is 1. The van der Waals surface area contributed by atoms with Crippen LogP contribution in [0.3, 0.4) is 0 Å². The van der Waals surface area contributed by atoms with Crippen molar-refractivity contribution in [3.8, 4) is 0 Å². The molecule has 0 aliphatic carbocycles. The number of carboxylic acid groups (broad SMARTS) is 1. The smallest absolute Gasteiger partial charge is 0.337 e. The Labute approximate surface area is 111 Å². The SMILES string of the molecule is CC(C)NC(=O)CN(C)c1ccc(F)cc1C(=O)O. The highest BCUT2D eigenvalue weighted by Crippen LogP contribution is 2.20. The van der Waals surface area contributed by atoms with E-state index in [0.29, 0.717) is 5.69 Å². The normalized spacial score (nSPS) is 10.4. The molecule has 5 nitrogen and oxygen atoms in total. The summed E-state index contributed by atoms with van der Waals surface area (Å²) in [6.45, 7) is 3.67. The Kier molecular flexibility index (Phi) is 4.86. The molecule has 0 aliphatic heterocycles. The zero-order valence-electron chi connectivity index (χ0n) is 11.1. The van der Waals surface area contributed by atoms with Crippen LogP contribution in [0.15, 0.2) is 18.2 Å². The van der Waals surface area contributed by atoms with Crippen molar-refractivity contribution in [3.63, 3.8) is 0 Å². The van der Waals surface area contributed by atoms with Crippen LogP contribution in [-0.2, 0) is 4.79 Å². The van der Waals surface area contributed by atoms with Crippen molar-refractivity contribution in [1.82, 2.24) is 5.32 Å². The number of anilines is 1. The number of carbonyl (C=O) groups is 2. The van der Waals surface area contributed by atoms with E-state index in [9.17, 15) is 14.0 Å². The van der Waals surface area contributed by atoms with Gasteiger partial charge in [0.15, 0.2) is 0 Å². The number of rotatable bonds is 5. The first kappa shape index (κ1) is 14.9. The van der Waals surface area contributed by atoms with Gasteiger partial charge in [0.2, 0.25) is 5.91 Å². The Morgan fingerprint density at radius 2 is 2.05 bits per heavy atom. The van der Waals surface area contributed by atoms with Crippen molar-refractivity contribution in [3.05, 3.63) is 29.6 Å². The first-order valence-corrected chi connectivity index (χ1v) is 5.84. The number of hydrogen-bond acceptors (Lipinski definition) is 3. The summed E-state index contributed by atoms with van der Waals surface area (Å²) in [4.78, 5) is 24.1. The largest absolute Gasteiger partial charge is 0.478 e. The lowest BCUT2D eigenvalue weighted by molar-refractivity contribution is -0.120. The zero-order valence-corrected chi connectivity index (χ0v) is 11.1. The third kappa shape index (κ3) is 4.24. The second-order valence-electron chi connectivity index (χ2n) is 4.54. The lowest BCUT2D eigenvalue weighted by Crippen LogP contribution is -2.39. The van der Waals surface area contributed by atoms with Crippen LogP contribution in [0.2, 0.25) is 0 Å². The van der Waals surface area contributed by atoms with Gasteiger partial charge in [0, 0.05) is 13.1 Å². The molecule has 0 atom stereocenters. The maximum Gasteiger partial charge on any atom is 0.337 e. The predicted octanol–water partition coefficient (Wildman–Crippen LogP) is 1.48. The van der Waals surface area contributed by atoms with Crippen molar-refractivity contribution < 1.29 is 19.1 Å². The highest BCUT2D eigenvalue weighted by Gasteiger charge is 2.16. The number of nitrogens with zero attached hydrogens (tertiary/aromatic N) is 1. The summed E-state index contributed by atoms with van der Waals surface area (Å²) in [5.41, 5.74) is 0.132. The second kappa shape index (κ2) is 6.17. The van der Waals surface area contributed by atoms with Gasteiger partial charge < -0.3 is 15.3 Å². The van der Waals surface area contributed by atoms with Crippen molar-refractivity contribution >= 4 is 17.6 Å². The zero-order chi connectivity index (χ0) is 14.6. The molecule has 2 N–H and O–H groups in total. The van der Waals surface area contributed by atoms with E-state index in [4.69, 9.17) is 5.11 Å². The Balaban J connectivity index is 2.90. The minimum absolute atomic E-state index is 0.00406. The fraction of sp³-hybridized carbons (Fsp3) is 0.385. The number of halogens is 1. The average Bonchev–Trinajstić information content (AvgIpc) is 2.27. The molecule has 0 aromatic heterocycles. The van der Waals surface area contributed by atoms with Gasteiger partial charge in [0.05, 0.1) is 17.8 Å². The fourth-order valence-corrected chi connectivity index (χ4v) is 1.68. The Bertz CT molecular complexity index is 489. The van der Waals surface area contributed by atoms with E-state index in [0.717, 1.165) is 6.07 Å². The lowest BCUT2D eigenvalue weighted by atomic mass is 10.1. The molecular weight excluding hydrogens is 251 g/mol. The van der Waals surface area contributed by atoms with Crippen LogP contribution < -0.4 is 10.2 Å². The number of hydrogen-bond donors (Lipinski definition) is 2. The molecule has 19 heavy (non-hydrogen) atoms. The van der Waals surface area contributed by atoms with Gasteiger partial charge in [-0.2, -0.15) is 0 Å². The Morgan fingerprint density at radius 1 is 1.42 bits per heavy atom. The number of aromatic carboxylic acids is 1. The van der Waals surface area contributed by atoms with Gasteiger partial charge in [-0.15, -0.1) is 0 Å². The van der Waals surface area contributed by atoms with Crippen LogP contribution in [0.5, 0.6) is 0 Å².